The molecule has 0 saturated carbocycles. The van der Waals surface area contributed by atoms with Crippen molar-refractivity contribution in [1.29, 1.82) is 0 Å². The smallest absolute Gasteiger partial charge is 0.271 e. The summed E-state index contributed by atoms with van der Waals surface area (Å²) in [6.45, 7) is 4.07. The third-order valence-electron chi connectivity index (χ3n) is 3.19. The molecular weight excluding hydrogens is 300 g/mol. The van der Waals surface area contributed by atoms with Gasteiger partial charge in [0.25, 0.3) is 5.69 Å². The van der Waals surface area contributed by atoms with Gasteiger partial charge in [0.15, 0.2) is 0 Å². The van der Waals surface area contributed by atoms with E-state index in [4.69, 9.17) is 0 Å². The van der Waals surface area contributed by atoms with E-state index in [1.165, 1.54) is 35.0 Å². The van der Waals surface area contributed by atoms with Crippen LogP contribution >= 0.6 is 11.8 Å². The van der Waals surface area contributed by atoms with Crippen molar-refractivity contribution in [2.45, 2.75) is 18.7 Å². The minimum Gasteiger partial charge on any atom is -0.325 e. The number of nitro benzene ring substituents is 1. The maximum Gasteiger partial charge on any atom is 0.271 e. The van der Waals surface area contributed by atoms with Gasteiger partial charge in [-0.3, -0.25) is 14.9 Å². The van der Waals surface area contributed by atoms with Crippen molar-refractivity contribution in [2.75, 3.05) is 11.1 Å². The van der Waals surface area contributed by atoms with Gasteiger partial charge in [0.1, 0.15) is 0 Å². The van der Waals surface area contributed by atoms with Gasteiger partial charge in [0.05, 0.1) is 10.7 Å². The molecule has 0 spiro atoms. The minimum absolute atomic E-state index is 0.0420. The van der Waals surface area contributed by atoms with Crippen LogP contribution in [0.2, 0.25) is 0 Å². The molecule has 1 amide bonds. The molecule has 0 saturated heterocycles. The summed E-state index contributed by atoms with van der Waals surface area (Å²) >= 11 is 1.44. The van der Waals surface area contributed by atoms with Gasteiger partial charge in [-0.05, 0) is 43.2 Å². The molecule has 22 heavy (non-hydrogen) atoms. The standard InChI is InChI=1S/C16H16N2O3S/c1-11-6-7-15(8-12(11)2)22-10-16(19)17-13-4-3-5-14(9-13)18(20)21/h3-9H,10H2,1-2H3,(H,17,19). The lowest BCUT2D eigenvalue weighted by Crippen LogP contribution is -2.14. The summed E-state index contributed by atoms with van der Waals surface area (Å²) in [5.41, 5.74) is 2.79. The van der Waals surface area contributed by atoms with Crippen LogP contribution in [-0.4, -0.2) is 16.6 Å². The average Bonchev–Trinajstić information content (AvgIpc) is 2.49. The molecule has 0 unspecified atom stereocenters. The molecule has 0 fully saturated rings. The van der Waals surface area contributed by atoms with Crippen LogP contribution < -0.4 is 5.32 Å². The Bertz CT molecular complexity index is 716. The van der Waals surface area contributed by atoms with E-state index in [2.05, 4.69) is 5.32 Å². The highest BCUT2D eigenvalue weighted by molar-refractivity contribution is 8.00. The van der Waals surface area contributed by atoms with Crippen molar-refractivity contribution in [1.82, 2.24) is 0 Å². The Labute approximate surface area is 132 Å². The summed E-state index contributed by atoms with van der Waals surface area (Å²) in [7, 11) is 0. The predicted molar refractivity (Wildman–Crippen MR) is 88.4 cm³/mol. The summed E-state index contributed by atoms with van der Waals surface area (Å²) in [5, 5.41) is 13.4. The number of nitrogens with one attached hydrogen (secondary N) is 1. The van der Waals surface area contributed by atoms with Crippen molar-refractivity contribution in [3.8, 4) is 0 Å². The predicted octanol–water partition coefficient (Wildman–Crippen LogP) is 3.94. The number of hydrogen-bond acceptors (Lipinski definition) is 4. The summed E-state index contributed by atoms with van der Waals surface area (Å²) < 4.78 is 0. The highest BCUT2D eigenvalue weighted by atomic mass is 32.2. The van der Waals surface area contributed by atoms with E-state index >= 15 is 0 Å². The topological polar surface area (TPSA) is 72.2 Å². The van der Waals surface area contributed by atoms with E-state index in [9.17, 15) is 14.9 Å². The average molecular weight is 316 g/mol. The number of nitro groups is 1. The van der Waals surface area contributed by atoms with Gasteiger partial charge in [0, 0.05) is 22.7 Å². The van der Waals surface area contributed by atoms with Gasteiger partial charge in [0.2, 0.25) is 5.91 Å². The lowest BCUT2D eigenvalue weighted by atomic mass is 10.1. The van der Waals surface area contributed by atoms with Crippen LogP contribution in [0.4, 0.5) is 11.4 Å². The van der Waals surface area contributed by atoms with Gasteiger partial charge in [-0.2, -0.15) is 0 Å². The number of nitrogens with zero attached hydrogens (tertiary/aromatic N) is 1. The molecule has 0 aliphatic carbocycles. The van der Waals surface area contributed by atoms with E-state index < -0.39 is 4.92 Å². The van der Waals surface area contributed by atoms with Crippen LogP contribution in [0.1, 0.15) is 11.1 Å². The molecule has 114 valence electrons. The molecule has 0 aromatic heterocycles. The fourth-order valence-corrected chi connectivity index (χ4v) is 2.64. The SMILES string of the molecule is Cc1ccc(SCC(=O)Nc2cccc([N+](=O)[O-])c2)cc1C. The van der Waals surface area contributed by atoms with Crippen molar-refractivity contribution in [3.63, 3.8) is 0 Å². The third kappa shape index (κ3) is 4.33. The van der Waals surface area contributed by atoms with E-state index in [1.54, 1.807) is 12.1 Å². The largest absolute Gasteiger partial charge is 0.325 e. The zero-order valence-electron chi connectivity index (χ0n) is 12.3. The third-order valence-corrected chi connectivity index (χ3v) is 4.18. The number of rotatable bonds is 5. The normalized spacial score (nSPS) is 10.3. The lowest BCUT2D eigenvalue weighted by molar-refractivity contribution is -0.384. The van der Waals surface area contributed by atoms with E-state index in [0.717, 1.165) is 4.90 Å². The summed E-state index contributed by atoms with van der Waals surface area (Å²) in [5.74, 6) is 0.0642. The maximum atomic E-state index is 11.9. The summed E-state index contributed by atoms with van der Waals surface area (Å²) in [6, 6.07) is 12.0. The highest BCUT2D eigenvalue weighted by Gasteiger charge is 2.08. The zero-order valence-corrected chi connectivity index (χ0v) is 13.1. The minimum atomic E-state index is -0.487. The van der Waals surface area contributed by atoms with Crippen LogP contribution in [0.3, 0.4) is 0 Å². The Hall–Kier alpha value is -2.34. The number of hydrogen-bond donors (Lipinski definition) is 1. The second-order valence-corrected chi connectivity index (χ2v) is 5.94. The first kappa shape index (κ1) is 16.0. The molecule has 6 heteroatoms. The molecule has 1 N–H and O–H groups in total. The van der Waals surface area contributed by atoms with Crippen molar-refractivity contribution in [3.05, 3.63) is 63.7 Å². The molecule has 0 radical (unpaired) electrons. The van der Waals surface area contributed by atoms with Gasteiger partial charge in [-0.15, -0.1) is 11.8 Å². The Morgan fingerprint density at radius 3 is 2.64 bits per heavy atom. The van der Waals surface area contributed by atoms with E-state index in [-0.39, 0.29) is 17.3 Å². The van der Waals surface area contributed by atoms with Crippen LogP contribution in [-0.2, 0) is 4.79 Å². The second kappa shape index (κ2) is 7.09. The first-order valence-electron chi connectivity index (χ1n) is 6.70. The van der Waals surface area contributed by atoms with Gasteiger partial charge in [-0.25, -0.2) is 0 Å². The Morgan fingerprint density at radius 2 is 1.95 bits per heavy atom. The maximum absolute atomic E-state index is 11.9. The Balaban J connectivity index is 1.94. The molecule has 0 heterocycles. The summed E-state index contributed by atoms with van der Waals surface area (Å²) in [6.07, 6.45) is 0. The van der Waals surface area contributed by atoms with Crippen molar-refractivity contribution in [2.24, 2.45) is 0 Å². The van der Waals surface area contributed by atoms with Crippen molar-refractivity contribution < 1.29 is 9.72 Å². The lowest BCUT2D eigenvalue weighted by Gasteiger charge is -2.06. The first-order valence-corrected chi connectivity index (χ1v) is 7.68. The Morgan fingerprint density at radius 1 is 1.18 bits per heavy atom. The highest BCUT2D eigenvalue weighted by Crippen LogP contribution is 2.22. The summed E-state index contributed by atoms with van der Waals surface area (Å²) in [4.78, 5) is 23.2. The molecular formula is C16H16N2O3S. The molecule has 5 nitrogen and oxygen atoms in total. The first-order chi connectivity index (χ1) is 10.5. The number of benzene rings is 2. The van der Waals surface area contributed by atoms with E-state index in [0.29, 0.717) is 5.69 Å². The zero-order chi connectivity index (χ0) is 16.1. The fraction of sp³-hybridized carbons (Fsp3) is 0.188. The van der Waals surface area contributed by atoms with Crippen LogP contribution in [0, 0.1) is 24.0 Å². The number of carbonyl (C=O) groups excluding carboxylic acids is 1. The number of aryl methyl sites for hydroxylation is 2. The van der Waals surface area contributed by atoms with Crippen molar-refractivity contribution >= 4 is 29.0 Å². The number of carbonyl (C=O) groups is 1. The molecule has 2 aromatic carbocycles. The monoisotopic (exact) mass is 316 g/mol. The van der Waals surface area contributed by atoms with Crippen LogP contribution in [0.5, 0.6) is 0 Å². The fourth-order valence-electron chi connectivity index (χ4n) is 1.85. The molecule has 0 atom stereocenters. The number of amides is 1. The second-order valence-electron chi connectivity index (χ2n) is 4.89. The molecule has 2 aromatic rings. The van der Waals surface area contributed by atoms with Crippen LogP contribution in [0.25, 0.3) is 0 Å². The molecule has 0 bridgehead atoms. The number of anilines is 1. The quantitative estimate of drug-likeness (QED) is 0.515. The van der Waals surface area contributed by atoms with Gasteiger partial charge < -0.3 is 5.32 Å². The van der Waals surface area contributed by atoms with Gasteiger partial charge >= 0.3 is 0 Å². The van der Waals surface area contributed by atoms with E-state index in [1.807, 2.05) is 32.0 Å². The molecule has 0 aliphatic heterocycles. The van der Waals surface area contributed by atoms with Crippen LogP contribution in [0.15, 0.2) is 47.4 Å². The van der Waals surface area contributed by atoms with Gasteiger partial charge in [-0.1, -0.05) is 12.1 Å². The number of thioether (sulfide) groups is 1. The molecule has 0 aliphatic rings. The number of non-ortho nitro benzene ring substituents is 1. The Kier molecular flexibility index (Phi) is 5.16. The molecule has 2 rings (SSSR count).